The summed E-state index contributed by atoms with van der Waals surface area (Å²) in [6, 6.07) is 13.7. The summed E-state index contributed by atoms with van der Waals surface area (Å²) in [5, 5.41) is 5.89. The van der Waals surface area contributed by atoms with E-state index in [1.165, 1.54) is 0 Å². The number of nitrogens with one attached hydrogen (secondary N) is 2. The second kappa shape index (κ2) is 8.36. The zero-order valence-corrected chi connectivity index (χ0v) is 14.3. The second-order valence-electron chi connectivity index (χ2n) is 5.47. The monoisotopic (exact) mass is 346 g/mol. The van der Waals surface area contributed by atoms with E-state index in [0.717, 1.165) is 5.75 Å². The highest BCUT2D eigenvalue weighted by Gasteiger charge is 2.10. The molecule has 0 atom stereocenters. The molecule has 2 aromatic rings. The molecule has 24 heavy (non-hydrogen) atoms. The minimum atomic E-state index is -0.394. The van der Waals surface area contributed by atoms with Crippen molar-refractivity contribution in [1.29, 1.82) is 0 Å². The van der Waals surface area contributed by atoms with E-state index in [4.69, 9.17) is 16.3 Å². The van der Waals surface area contributed by atoms with Gasteiger partial charge in [0, 0.05) is 16.4 Å². The fraction of sp³-hybridized carbons (Fsp3) is 0.222. The lowest BCUT2D eigenvalue weighted by atomic mass is 10.2. The summed E-state index contributed by atoms with van der Waals surface area (Å²) in [5.74, 6) is -0.0583. The van der Waals surface area contributed by atoms with Crippen LogP contribution in [0.15, 0.2) is 48.5 Å². The van der Waals surface area contributed by atoms with Crippen LogP contribution in [0.25, 0.3) is 0 Å². The predicted molar refractivity (Wildman–Crippen MR) is 95.5 cm³/mol. The largest absolute Gasteiger partial charge is 0.491 e. The van der Waals surface area contributed by atoms with Crippen LogP contribution < -0.4 is 15.4 Å². The lowest BCUT2D eigenvalue weighted by Crippen LogP contribution is -2.21. The first kappa shape index (κ1) is 17.8. The maximum Gasteiger partial charge on any atom is 0.233 e. The highest BCUT2D eigenvalue weighted by Crippen LogP contribution is 2.17. The van der Waals surface area contributed by atoms with Crippen LogP contribution in [0.5, 0.6) is 5.75 Å². The van der Waals surface area contributed by atoms with Crippen LogP contribution in [0.4, 0.5) is 11.4 Å². The first-order valence-electron chi connectivity index (χ1n) is 7.54. The third-order valence-corrected chi connectivity index (χ3v) is 3.21. The van der Waals surface area contributed by atoms with Gasteiger partial charge in [0.05, 0.1) is 6.10 Å². The molecule has 2 aromatic carbocycles. The molecule has 0 heterocycles. The molecule has 0 fully saturated rings. The Morgan fingerprint density at radius 1 is 0.917 bits per heavy atom. The molecule has 6 heteroatoms. The topological polar surface area (TPSA) is 67.4 Å². The molecule has 0 saturated carbocycles. The lowest BCUT2D eigenvalue weighted by Gasteiger charge is -2.10. The van der Waals surface area contributed by atoms with Gasteiger partial charge in [-0.05, 0) is 62.4 Å². The number of carbonyl (C=O) groups is 2. The summed E-state index contributed by atoms with van der Waals surface area (Å²) in [4.78, 5) is 23.8. The molecule has 0 aliphatic heterocycles. The van der Waals surface area contributed by atoms with Crippen LogP contribution in [0.3, 0.4) is 0 Å². The SMILES string of the molecule is CC(C)Oc1ccc(NC(=O)CC(=O)Nc2ccc(Cl)cc2)cc1. The Hall–Kier alpha value is -2.53. The average molecular weight is 347 g/mol. The van der Waals surface area contributed by atoms with Crippen LogP contribution in [0, 0.1) is 0 Å². The standard InChI is InChI=1S/C18H19ClN2O3/c1-12(2)24-16-9-7-15(8-10-16)21-18(23)11-17(22)20-14-5-3-13(19)4-6-14/h3-10,12H,11H2,1-2H3,(H,20,22)(H,21,23). The smallest absolute Gasteiger partial charge is 0.233 e. The molecule has 0 unspecified atom stereocenters. The first-order chi connectivity index (χ1) is 11.4. The molecule has 2 amide bonds. The number of halogens is 1. The van der Waals surface area contributed by atoms with Crippen molar-refractivity contribution in [3.63, 3.8) is 0 Å². The highest BCUT2D eigenvalue weighted by molar-refractivity contribution is 6.30. The number of amides is 2. The average Bonchev–Trinajstić information content (AvgIpc) is 2.51. The van der Waals surface area contributed by atoms with Crippen LogP contribution in [-0.4, -0.2) is 17.9 Å². The van der Waals surface area contributed by atoms with Gasteiger partial charge in [-0.25, -0.2) is 0 Å². The Bertz CT molecular complexity index is 697. The molecule has 0 bridgehead atoms. The fourth-order valence-electron chi connectivity index (χ4n) is 1.98. The minimum absolute atomic E-state index is 0.0852. The molecule has 0 aliphatic rings. The Morgan fingerprint density at radius 3 is 1.83 bits per heavy atom. The van der Waals surface area contributed by atoms with Gasteiger partial charge < -0.3 is 15.4 Å². The minimum Gasteiger partial charge on any atom is -0.491 e. The van der Waals surface area contributed by atoms with E-state index >= 15 is 0 Å². The zero-order chi connectivity index (χ0) is 17.5. The molecule has 2 rings (SSSR count). The van der Waals surface area contributed by atoms with Gasteiger partial charge in [-0.3, -0.25) is 9.59 Å². The molecule has 0 aliphatic carbocycles. The fourth-order valence-corrected chi connectivity index (χ4v) is 2.10. The Morgan fingerprint density at radius 2 is 1.38 bits per heavy atom. The lowest BCUT2D eigenvalue weighted by molar-refractivity contribution is -0.123. The summed E-state index contributed by atoms with van der Waals surface area (Å²) in [7, 11) is 0. The predicted octanol–water partition coefficient (Wildman–Crippen LogP) is 4.09. The molecule has 126 valence electrons. The first-order valence-corrected chi connectivity index (χ1v) is 7.92. The normalized spacial score (nSPS) is 10.3. The molecule has 0 saturated heterocycles. The van der Waals surface area contributed by atoms with Gasteiger partial charge in [-0.15, -0.1) is 0 Å². The van der Waals surface area contributed by atoms with Crippen molar-refractivity contribution in [2.75, 3.05) is 10.6 Å². The Labute approximate surface area is 146 Å². The van der Waals surface area contributed by atoms with Gasteiger partial charge in [-0.1, -0.05) is 11.6 Å². The van der Waals surface area contributed by atoms with Crippen molar-refractivity contribution in [3.8, 4) is 5.75 Å². The number of rotatable bonds is 6. The number of hydrogen-bond donors (Lipinski definition) is 2. The zero-order valence-electron chi connectivity index (χ0n) is 13.5. The molecule has 0 aromatic heterocycles. The summed E-state index contributed by atoms with van der Waals surface area (Å²) in [6.07, 6.45) is -0.186. The van der Waals surface area contributed by atoms with Crippen molar-refractivity contribution in [3.05, 3.63) is 53.6 Å². The third kappa shape index (κ3) is 5.93. The third-order valence-electron chi connectivity index (χ3n) is 2.96. The quantitative estimate of drug-likeness (QED) is 0.774. The van der Waals surface area contributed by atoms with Crippen molar-refractivity contribution in [1.82, 2.24) is 0 Å². The Kier molecular flexibility index (Phi) is 6.21. The van der Waals surface area contributed by atoms with E-state index in [1.54, 1.807) is 48.5 Å². The van der Waals surface area contributed by atoms with E-state index in [-0.39, 0.29) is 18.4 Å². The molecule has 2 N–H and O–H groups in total. The van der Waals surface area contributed by atoms with Crippen molar-refractivity contribution < 1.29 is 14.3 Å². The molecule has 5 nitrogen and oxygen atoms in total. The van der Waals surface area contributed by atoms with Gasteiger partial charge in [0.25, 0.3) is 0 Å². The van der Waals surface area contributed by atoms with E-state index in [1.807, 2.05) is 13.8 Å². The molecular weight excluding hydrogens is 328 g/mol. The van der Waals surface area contributed by atoms with Crippen molar-refractivity contribution in [2.45, 2.75) is 26.4 Å². The number of hydrogen-bond acceptors (Lipinski definition) is 3. The van der Waals surface area contributed by atoms with E-state index in [0.29, 0.717) is 16.4 Å². The summed E-state index contributed by atoms with van der Waals surface area (Å²) in [6.45, 7) is 3.88. The Balaban J connectivity index is 1.83. The number of benzene rings is 2. The summed E-state index contributed by atoms with van der Waals surface area (Å²) in [5.41, 5.74) is 1.20. The molecule has 0 radical (unpaired) electrons. The van der Waals surface area contributed by atoms with E-state index in [9.17, 15) is 9.59 Å². The summed E-state index contributed by atoms with van der Waals surface area (Å²) >= 11 is 5.78. The van der Waals surface area contributed by atoms with Crippen molar-refractivity contribution in [2.24, 2.45) is 0 Å². The van der Waals surface area contributed by atoms with E-state index < -0.39 is 5.91 Å². The maximum atomic E-state index is 11.9. The van der Waals surface area contributed by atoms with Gasteiger partial charge in [0.2, 0.25) is 11.8 Å². The van der Waals surface area contributed by atoms with Crippen LogP contribution in [-0.2, 0) is 9.59 Å². The summed E-state index contributed by atoms with van der Waals surface area (Å²) < 4.78 is 5.53. The van der Waals surface area contributed by atoms with Gasteiger partial charge >= 0.3 is 0 Å². The van der Waals surface area contributed by atoms with Crippen LogP contribution >= 0.6 is 11.6 Å². The number of carbonyl (C=O) groups excluding carboxylic acids is 2. The van der Waals surface area contributed by atoms with Crippen LogP contribution in [0.1, 0.15) is 20.3 Å². The van der Waals surface area contributed by atoms with Crippen LogP contribution in [0.2, 0.25) is 5.02 Å². The number of anilines is 2. The molecular formula is C18H19ClN2O3. The number of ether oxygens (including phenoxy) is 1. The van der Waals surface area contributed by atoms with Gasteiger partial charge in [-0.2, -0.15) is 0 Å². The second-order valence-corrected chi connectivity index (χ2v) is 5.91. The van der Waals surface area contributed by atoms with E-state index in [2.05, 4.69) is 10.6 Å². The van der Waals surface area contributed by atoms with Gasteiger partial charge in [0.1, 0.15) is 12.2 Å². The maximum absolute atomic E-state index is 11.9. The molecule has 0 spiro atoms. The highest BCUT2D eigenvalue weighted by atomic mass is 35.5. The van der Waals surface area contributed by atoms with Gasteiger partial charge in [0.15, 0.2) is 0 Å². The van der Waals surface area contributed by atoms with Crippen molar-refractivity contribution >= 4 is 34.8 Å².